The smallest absolute Gasteiger partial charge is 0.217 e. The standard InChI is InChI=1S/C21H15ClF2N4OS/c22-16-9-19(30(29)28-21-6-2-5-20(24)27-21)17(23)10-18(16)26-11-14-4-1-3-13-7-8-25-12-15(13)14/h1-10,12,26H,11H2,(H,27,28). The highest BCUT2D eigenvalue weighted by Gasteiger charge is 2.21. The highest BCUT2D eigenvalue weighted by Crippen LogP contribution is 2.30. The van der Waals surface area contributed by atoms with Gasteiger partial charge in [-0.05, 0) is 29.1 Å². The van der Waals surface area contributed by atoms with Crippen molar-refractivity contribution in [2.75, 3.05) is 10.0 Å². The summed E-state index contributed by atoms with van der Waals surface area (Å²) < 4.78 is 42.7. The third-order valence-electron chi connectivity index (χ3n) is 4.38. The zero-order chi connectivity index (χ0) is 21.1. The van der Waals surface area contributed by atoms with Gasteiger partial charge in [0.05, 0.1) is 10.7 Å². The Kier molecular flexibility index (Phi) is 5.98. The van der Waals surface area contributed by atoms with Crippen LogP contribution in [0.1, 0.15) is 5.56 Å². The first-order valence-corrected chi connectivity index (χ1v) is 10.4. The molecule has 2 N–H and O–H groups in total. The van der Waals surface area contributed by atoms with E-state index in [1.807, 2.05) is 24.3 Å². The highest BCUT2D eigenvalue weighted by atomic mass is 35.5. The van der Waals surface area contributed by atoms with Crippen molar-refractivity contribution in [2.45, 2.75) is 11.4 Å². The SMILES string of the molecule is [O-][S+](Nc1cccc(F)n1)c1cc(Cl)c(NCc2cccc3ccncc23)cc1F. The average molecular weight is 445 g/mol. The van der Waals surface area contributed by atoms with Crippen LogP contribution in [0.3, 0.4) is 0 Å². The number of anilines is 2. The number of nitrogens with zero attached hydrogens (tertiary/aromatic N) is 2. The molecule has 2 aromatic heterocycles. The number of rotatable bonds is 6. The van der Waals surface area contributed by atoms with Gasteiger partial charge in [-0.3, -0.25) is 4.98 Å². The van der Waals surface area contributed by atoms with Gasteiger partial charge in [0.2, 0.25) is 10.8 Å². The van der Waals surface area contributed by atoms with Gasteiger partial charge in [0, 0.05) is 36.5 Å². The van der Waals surface area contributed by atoms with E-state index in [-0.39, 0.29) is 15.7 Å². The van der Waals surface area contributed by atoms with E-state index in [9.17, 15) is 13.3 Å². The summed E-state index contributed by atoms with van der Waals surface area (Å²) in [6.45, 7) is 0.399. The van der Waals surface area contributed by atoms with Gasteiger partial charge < -0.3 is 9.87 Å². The predicted octanol–water partition coefficient (Wildman–Crippen LogP) is 5.31. The molecule has 1 unspecified atom stereocenters. The zero-order valence-electron chi connectivity index (χ0n) is 15.4. The molecule has 0 aliphatic rings. The summed E-state index contributed by atoms with van der Waals surface area (Å²) in [7, 11) is 0. The predicted molar refractivity (Wildman–Crippen MR) is 115 cm³/mol. The molecule has 0 radical (unpaired) electrons. The van der Waals surface area contributed by atoms with E-state index in [4.69, 9.17) is 11.6 Å². The van der Waals surface area contributed by atoms with Crippen molar-refractivity contribution >= 4 is 45.2 Å². The van der Waals surface area contributed by atoms with Crippen LogP contribution >= 0.6 is 11.6 Å². The minimum absolute atomic E-state index is 0.0237. The van der Waals surface area contributed by atoms with Crippen molar-refractivity contribution in [1.29, 1.82) is 0 Å². The fourth-order valence-electron chi connectivity index (χ4n) is 2.94. The van der Waals surface area contributed by atoms with Crippen molar-refractivity contribution in [2.24, 2.45) is 0 Å². The topological polar surface area (TPSA) is 72.9 Å². The van der Waals surface area contributed by atoms with Gasteiger partial charge >= 0.3 is 0 Å². The second-order valence-corrected chi connectivity index (χ2v) is 7.93. The average Bonchev–Trinajstić information content (AvgIpc) is 2.74. The van der Waals surface area contributed by atoms with Crippen molar-refractivity contribution < 1.29 is 13.3 Å². The number of halogens is 3. The fraction of sp³-hybridized carbons (Fsp3) is 0.0476. The summed E-state index contributed by atoms with van der Waals surface area (Å²) in [5.74, 6) is -1.43. The van der Waals surface area contributed by atoms with E-state index < -0.39 is 23.1 Å². The molecule has 1 atom stereocenters. The number of benzene rings is 2. The van der Waals surface area contributed by atoms with Gasteiger partial charge in [-0.2, -0.15) is 14.1 Å². The lowest BCUT2D eigenvalue weighted by Crippen LogP contribution is -2.16. The quantitative estimate of drug-likeness (QED) is 0.311. The number of nitrogens with one attached hydrogen (secondary N) is 2. The van der Waals surface area contributed by atoms with Crippen LogP contribution in [-0.2, 0) is 17.9 Å². The molecule has 4 aromatic rings. The molecule has 5 nitrogen and oxygen atoms in total. The molecule has 0 saturated carbocycles. The van der Waals surface area contributed by atoms with Crippen molar-refractivity contribution in [3.63, 3.8) is 0 Å². The van der Waals surface area contributed by atoms with Gasteiger partial charge in [-0.25, -0.2) is 4.39 Å². The fourth-order valence-corrected chi connectivity index (χ4v) is 4.11. The Hall–Kier alpha value is -2.94. The van der Waals surface area contributed by atoms with E-state index in [2.05, 4.69) is 20.0 Å². The Morgan fingerprint density at radius 3 is 2.73 bits per heavy atom. The molecule has 9 heteroatoms. The van der Waals surface area contributed by atoms with Crippen LogP contribution in [0.25, 0.3) is 10.8 Å². The molecule has 0 aliphatic heterocycles. The number of aromatic nitrogens is 2. The Morgan fingerprint density at radius 2 is 1.90 bits per heavy atom. The molecule has 152 valence electrons. The maximum Gasteiger partial charge on any atom is 0.217 e. The number of fused-ring (bicyclic) bond motifs is 1. The Balaban J connectivity index is 1.52. The van der Waals surface area contributed by atoms with Crippen LogP contribution in [0.15, 0.2) is 71.9 Å². The van der Waals surface area contributed by atoms with E-state index in [0.717, 1.165) is 22.4 Å². The first kappa shape index (κ1) is 20.3. The van der Waals surface area contributed by atoms with E-state index in [0.29, 0.717) is 12.2 Å². The van der Waals surface area contributed by atoms with Crippen LogP contribution < -0.4 is 10.0 Å². The largest absolute Gasteiger partial charge is 0.588 e. The van der Waals surface area contributed by atoms with E-state index >= 15 is 0 Å². The molecule has 0 aliphatic carbocycles. The molecular weight excluding hydrogens is 430 g/mol. The maximum atomic E-state index is 14.6. The number of hydrogen-bond donors (Lipinski definition) is 2. The van der Waals surface area contributed by atoms with Crippen LogP contribution in [-0.4, -0.2) is 14.5 Å². The van der Waals surface area contributed by atoms with Gasteiger partial charge in [0.1, 0.15) is 11.4 Å². The van der Waals surface area contributed by atoms with Gasteiger partial charge in [0.15, 0.2) is 11.6 Å². The summed E-state index contributed by atoms with van der Waals surface area (Å²) in [6.07, 6.45) is 3.49. The summed E-state index contributed by atoms with van der Waals surface area (Å²) in [4.78, 5) is 7.54. The third kappa shape index (κ3) is 4.46. The van der Waals surface area contributed by atoms with Crippen LogP contribution in [0.2, 0.25) is 5.02 Å². The molecule has 0 bridgehead atoms. The zero-order valence-corrected chi connectivity index (χ0v) is 17.0. The number of hydrogen-bond acceptors (Lipinski definition) is 5. The first-order valence-electron chi connectivity index (χ1n) is 8.87. The second kappa shape index (κ2) is 8.83. The molecule has 2 aromatic carbocycles. The highest BCUT2D eigenvalue weighted by molar-refractivity contribution is 7.92. The summed E-state index contributed by atoms with van der Waals surface area (Å²) >= 11 is 4.27. The van der Waals surface area contributed by atoms with Crippen molar-refractivity contribution in [1.82, 2.24) is 9.97 Å². The molecular formula is C21H15ClF2N4OS. The summed E-state index contributed by atoms with van der Waals surface area (Å²) in [5.41, 5.74) is 1.34. The Labute approximate surface area is 179 Å². The van der Waals surface area contributed by atoms with Crippen LogP contribution in [0.4, 0.5) is 20.3 Å². The maximum absolute atomic E-state index is 14.6. The Bertz CT molecular complexity index is 1210. The van der Waals surface area contributed by atoms with Gasteiger partial charge in [-0.15, -0.1) is 0 Å². The lowest BCUT2D eigenvalue weighted by molar-refractivity contribution is 0.569. The monoisotopic (exact) mass is 444 g/mol. The lowest BCUT2D eigenvalue weighted by atomic mass is 10.1. The van der Waals surface area contributed by atoms with E-state index in [1.54, 1.807) is 12.4 Å². The van der Waals surface area contributed by atoms with Crippen LogP contribution in [0.5, 0.6) is 0 Å². The van der Waals surface area contributed by atoms with Crippen LogP contribution in [0, 0.1) is 11.8 Å². The molecule has 0 saturated heterocycles. The molecule has 0 spiro atoms. The second-order valence-electron chi connectivity index (χ2n) is 6.35. The minimum atomic E-state index is -2.01. The normalized spacial score (nSPS) is 12.0. The molecule has 4 rings (SSSR count). The molecule has 0 amide bonds. The van der Waals surface area contributed by atoms with Crippen molar-refractivity contribution in [3.05, 3.63) is 89.3 Å². The summed E-state index contributed by atoms with van der Waals surface area (Å²) in [6, 6.07) is 14.2. The van der Waals surface area contributed by atoms with Crippen molar-refractivity contribution in [3.8, 4) is 0 Å². The minimum Gasteiger partial charge on any atom is -0.588 e. The van der Waals surface area contributed by atoms with E-state index in [1.165, 1.54) is 24.3 Å². The number of pyridine rings is 2. The molecule has 30 heavy (non-hydrogen) atoms. The van der Waals surface area contributed by atoms with Gasteiger partial charge in [0.25, 0.3) is 0 Å². The first-order chi connectivity index (χ1) is 14.5. The summed E-state index contributed by atoms with van der Waals surface area (Å²) in [5, 5.41) is 5.33. The Morgan fingerprint density at radius 1 is 1.07 bits per heavy atom. The third-order valence-corrected chi connectivity index (χ3v) is 5.80. The van der Waals surface area contributed by atoms with Gasteiger partial charge in [-0.1, -0.05) is 35.9 Å². The molecule has 2 heterocycles. The lowest BCUT2D eigenvalue weighted by Gasteiger charge is -2.14. The molecule has 0 fully saturated rings.